The van der Waals surface area contributed by atoms with Gasteiger partial charge in [0.25, 0.3) is 0 Å². The molecule has 4 nitrogen and oxygen atoms in total. The van der Waals surface area contributed by atoms with Crippen molar-refractivity contribution >= 4 is 0 Å². The summed E-state index contributed by atoms with van der Waals surface area (Å²) in [6, 6.07) is 0.394. The molecule has 0 spiro atoms. The lowest BCUT2D eigenvalue weighted by molar-refractivity contribution is 0.317. The molecule has 18 heavy (non-hydrogen) atoms. The summed E-state index contributed by atoms with van der Waals surface area (Å²) in [6.07, 6.45) is 6.04. The second-order valence-corrected chi connectivity index (χ2v) is 5.74. The molecule has 1 aromatic rings. The molecule has 0 radical (unpaired) electrons. The number of nitrogens with one attached hydrogen (secondary N) is 1. The van der Waals surface area contributed by atoms with Crippen LogP contribution >= 0.6 is 0 Å². The predicted molar refractivity (Wildman–Crippen MR) is 70.5 cm³/mol. The summed E-state index contributed by atoms with van der Waals surface area (Å²) < 4.78 is 7.44. The van der Waals surface area contributed by atoms with Crippen molar-refractivity contribution in [1.82, 2.24) is 15.1 Å². The number of ether oxygens (including phenoxy) is 1. The quantitative estimate of drug-likeness (QED) is 0.869. The molecule has 3 atom stereocenters. The van der Waals surface area contributed by atoms with Crippen molar-refractivity contribution in [3.8, 4) is 5.75 Å². The lowest BCUT2D eigenvalue weighted by Crippen LogP contribution is -2.30. The number of aryl methyl sites for hydroxylation is 1. The molecule has 1 aromatic heterocycles. The third-order valence-corrected chi connectivity index (χ3v) is 4.64. The van der Waals surface area contributed by atoms with E-state index in [4.69, 9.17) is 4.74 Å². The molecule has 2 saturated carbocycles. The zero-order chi connectivity index (χ0) is 12.7. The van der Waals surface area contributed by atoms with E-state index in [9.17, 15) is 0 Å². The molecule has 1 heterocycles. The normalized spacial score (nSPS) is 31.2. The van der Waals surface area contributed by atoms with E-state index in [0.717, 1.165) is 30.0 Å². The van der Waals surface area contributed by atoms with Crippen LogP contribution in [0.1, 0.15) is 37.9 Å². The minimum Gasteiger partial charge on any atom is -0.493 e. The number of methoxy groups -OCH3 is 1. The lowest BCUT2D eigenvalue weighted by Gasteiger charge is -2.26. The fourth-order valence-electron chi connectivity index (χ4n) is 3.68. The van der Waals surface area contributed by atoms with E-state index in [0.29, 0.717) is 6.04 Å². The molecule has 0 aliphatic heterocycles. The van der Waals surface area contributed by atoms with Crippen LogP contribution in [0.2, 0.25) is 0 Å². The fraction of sp³-hybridized carbons (Fsp3) is 0.786. The summed E-state index contributed by atoms with van der Waals surface area (Å²) in [7, 11) is 3.74. The van der Waals surface area contributed by atoms with E-state index in [1.54, 1.807) is 7.11 Å². The van der Waals surface area contributed by atoms with Gasteiger partial charge in [-0.15, -0.1) is 0 Å². The molecule has 2 aliphatic rings. The van der Waals surface area contributed by atoms with Gasteiger partial charge in [-0.2, -0.15) is 5.10 Å². The first kappa shape index (κ1) is 12.0. The van der Waals surface area contributed by atoms with Crippen molar-refractivity contribution in [2.45, 2.75) is 32.2 Å². The Morgan fingerprint density at radius 1 is 1.44 bits per heavy atom. The van der Waals surface area contributed by atoms with E-state index < -0.39 is 0 Å². The van der Waals surface area contributed by atoms with Gasteiger partial charge in [-0.05, 0) is 43.6 Å². The van der Waals surface area contributed by atoms with Gasteiger partial charge in [0.15, 0.2) is 5.75 Å². The summed E-state index contributed by atoms with van der Waals surface area (Å²) in [4.78, 5) is 0. The molecule has 4 heteroatoms. The van der Waals surface area contributed by atoms with Gasteiger partial charge in [0.1, 0.15) is 0 Å². The highest BCUT2D eigenvalue weighted by Crippen LogP contribution is 2.57. The van der Waals surface area contributed by atoms with Crippen LogP contribution in [0.3, 0.4) is 0 Å². The summed E-state index contributed by atoms with van der Waals surface area (Å²) in [5, 5.41) is 7.99. The fourth-order valence-corrected chi connectivity index (χ4v) is 3.68. The van der Waals surface area contributed by atoms with E-state index in [-0.39, 0.29) is 0 Å². The number of nitrogens with zero attached hydrogens (tertiary/aromatic N) is 2. The Morgan fingerprint density at radius 3 is 2.78 bits per heavy atom. The van der Waals surface area contributed by atoms with Crippen LogP contribution in [-0.4, -0.2) is 23.4 Å². The molecular formula is C14H23N3O. The maximum absolute atomic E-state index is 5.47. The Labute approximate surface area is 109 Å². The van der Waals surface area contributed by atoms with Crippen LogP contribution in [-0.2, 0) is 7.05 Å². The molecule has 0 bridgehead atoms. The highest BCUT2D eigenvalue weighted by molar-refractivity contribution is 5.29. The Hall–Kier alpha value is -1.03. The molecule has 0 amide bonds. The molecule has 2 aliphatic carbocycles. The first-order valence-corrected chi connectivity index (χ1v) is 7.03. The molecule has 0 saturated heterocycles. The van der Waals surface area contributed by atoms with Gasteiger partial charge in [-0.3, -0.25) is 4.68 Å². The van der Waals surface area contributed by atoms with Crippen LogP contribution in [0.4, 0.5) is 0 Å². The summed E-state index contributed by atoms with van der Waals surface area (Å²) in [5.41, 5.74) is 1.21. The van der Waals surface area contributed by atoms with Crippen molar-refractivity contribution < 1.29 is 4.74 Å². The smallest absolute Gasteiger partial charge is 0.161 e. The second kappa shape index (κ2) is 4.57. The highest BCUT2D eigenvalue weighted by atomic mass is 16.5. The monoisotopic (exact) mass is 249 g/mol. The number of fused-ring (bicyclic) bond motifs is 1. The maximum Gasteiger partial charge on any atom is 0.161 e. The van der Waals surface area contributed by atoms with Crippen molar-refractivity contribution in [2.24, 2.45) is 24.8 Å². The predicted octanol–water partition coefficient (Wildman–Crippen LogP) is 2.13. The van der Waals surface area contributed by atoms with E-state index in [1.165, 1.54) is 25.0 Å². The minimum atomic E-state index is 0.394. The van der Waals surface area contributed by atoms with Crippen LogP contribution in [0.25, 0.3) is 0 Å². The molecule has 2 fully saturated rings. The zero-order valence-electron chi connectivity index (χ0n) is 11.5. The van der Waals surface area contributed by atoms with Crippen LogP contribution in [0.5, 0.6) is 5.75 Å². The number of aromatic nitrogens is 2. The van der Waals surface area contributed by atoms with Crippen molar-refractivity contribution in [3.63, 3.8) is 0 Å². The first-order valence-electron chi connectivity index (χ1n) is 7.03. The zero-order valence-corrected chi connectivity index (χ0v) is 11.5. The van der Waals surface area contributed by atoms with Crippen LogP contribution in [0.15, 0.2) is 6.20 Å². The first-order chi connectivity index (χ1) is 8.74. The summed E-state index contributed by atoms with van der Waals surface area (Å²) in [6.45, 7) is 3.16. The van der Waals surface area contributed by atoms with Gasteiger partial charge in [0.05, 0.1) is 25.0 Å². The highest BCUT2D eigenvalue weighted by Gasteiger charge is 2.48. The Morgan fingerprint density at radius 2 is 2.17 bits per heavy atom. The van der Waals surface area contributed by atoms with Gasteiger partial charge in [0, 0.05) is 7.05 Å². The topological polar surface area (TPSA) is 39.1 Å². The van der Waals surface area contributed by atoms with Gasteiger partial charge < -0.3 is 10.1 Å². The molecular weight excluding hydrogens is 226 g/mol. The maximum atomic E-state index is 5.47. The van der Waals surface area contributed by atoms with E-state index in [1.807, 2.05) is 17.9 Å². The Bertz CT molecular complexity index is 419. The Kier molecular flexibility index (Phi) is 3.06. The SMILES string of the molecule is CCNC(c1c(OC)cnn1C)C1CC2CC2C1. The van der Waals surface area contributed by atoms with Gasteiger partial charge in [-0.1, -0.05) is 6.92 Å². The van der Waals surface area contributed by atoms with E-state index in [2.05, 4.69) is 17.3 Å². The van der Waals surface area contributed by atoms with Crippen molar-refractivity contribution in [2.75, 3.05) is 13.7 Å². The molecule has 3 rings (SSSR count). The minimum absolute atomic E-state index is 0.394. The van der Waals surface area contributed by atoms with Crippen LogP contribution < -0.4 is 10.1 Å². The van der Waals surface area contributed by atoms with Gasteiger partial charge in [-0.25, -0.2) is 0 Å². The molecule has 0 aromatic carbocycles. The number of hydrogen-bond donors (Lipinski definition) is 1. The third kappa shape index (κ3) is 1.92. The van der Waals surface area contributed by atoms with Crippen LogP contribution in [0, 0.1) is 17.8 Å². The molecule has 3 unspecified atom stereocenters. The molecule has 100 valence electrons. The van der Waals surface area contributed by atoms with Gasteiger partial charge >= 0.3 is 0 Å². The summed E-state index contributed by atoms with van der Waals surface area (Å²) in [5.74, 6) is 3.69. The third-order valence-electron chi connectivity index (χ3n) is 4.64. The summed E-state index contributed by atoms with van der Waals surface area (Å²) >= 11 is 0. The largest absolute Gasteiger partial charge is 0.493 e. The number of hydrogen-bond acceptors (Lipinski definition) is 3. The van der Waals surface area contributed by atoms with Gasteiger partial charge in [0.2, 0.25) is 0 Å². The second-order valence-electron chi connectivity index (χ2n) is 5.74. The Balaban J connectivity index is 1.85. The lowest BCUT2D eigenvalue weighted by atomic mass is 9.91. The average molecular weight is 249 g/mol. The van der Waals surface area contributed by atoms with E-state index >= 15 is 0 Å². The van der Waals surface area contributed by atoms with Crippen molar-refractivity contribution in [1.29, 1.82) is 0 Å². The van der Waals surface area contributed by atoms with Crippen molar-refractivity contribution in [3.05, 3.63) is 11.9 Å². The number of rotatable bonds is 5. The average Bonchev–Trinajstić information content (AvgIpc) is 2.82. The molecule has 1 N–H and O–H groups in total. The standard InChI is InChI=1S/C14H23N3O/c1-4-15-13(11-6-9-5-10(9)7-11)14-12(18-3)8-16-17(14)2/h8-11,13,15H,4-7H2,1-3H3.